The number of carbonyl (C=O) groups is 2. The largest absolute Gasteiger partial charge is 0.345 e. The highest BCUT2D eigenvalue weighted by Gasteiger charge is 2.20. The van der Waals surface area contributed by atoms with Gasteiger partial charge in [0.2, 0.25) is 11.8 Å². The summed E-state index contributed by atoms with van der Waals surface area (Å²) in [5.41, 5.74) is 4.94. The molecule has 0 spiro atoms. The Bertz CT molecular complexity index is 978. The summed E-state index contributed by atoms with van der Waals surface area (Å²) >= 11 is 0. The highest BCUT2D eigenvalue weighted by molar-refractivity contribution is 6.04. The third-order valence-corrected chi connectivity index (χ3v) is 5.53. The van der Waals surface area contributed by atoms with E-state index in [0.29, 0.717) is 0 Å². The van der Waals surface area contributed by atoms with E-state index in [0.717, 1.165) is 27.9 Å². The summed E-state index contributed by atoms with van der Waals surface area (Å²) in [6.07, 6.45) is -0.236. The molecule has 0 atom stereocenters. The second kappa shape index (κ2) is 10.8. The second-order valence-corrected chi connectivity index (χ2v) is 8.67. The number of carbonyl (C=O) groups excluding carboxylic acids is 2. The molecule has 3 aromatic carbocycles. The standard InChI is InChI=1S/C28H32N2O2/c1-19(2)23-16-11-17-24(20(3)4)28(23)30-26(32)18-25(31)29-27(21-12-7-5-8-13-21)22-14-9-6-10-15-22/h5-17,19-20,27H,18H2,1-4H3,(H,29,31)(H,30,32). The molecule has 2 amide bonds. The van der Waals surface area contributed by atoms with Crippen LogP contribution in [0.1, 0.15) is 74.2 Å². The summed E-state index contributed by atoms with van der Waals surface area (Å²) in [7, 11) is 0. The van der Waals surface area contributed by atoms with E-state index in [4.69, 9.17) is 0 Å². The van der Waals surface area contributed by atoms with Gasteiger partial charge in [-0.25, -0.2) is 0 Å². The van der Waals surface area contributed by atoms with Crippen LogP contribution in [0.25, 0.3) is 0 Å². The molecule has 0 aliphatic heterocycles. The van der Waals surface area contributed by atoms with Gasteiger partial charge in [0.25, 0.3) is 0 Å². The minimum atomic E-state index is -0.313. The van der Waals surface area contributed by atoms with Crippen LogP contribution in [0.4, 0.5) is 5.69 Å². The normalized spacial score (nSPS) is 11.1. The maximum absolute atomic E-state index is 12.9. The number of hydrogen-bond donors (Lipinski definition) is 2. The molecule has 2 N–H and O–H groups in total. The number of hydrogen-bond acceptors (Lipinski definition) is 2. The van der Waals surface area contributed by atoms with Crippen LogP contribution in [-0.4, -0.2) is 11.8 Å². The Hall–Kier alpha value is -3.40. The Labute approximate surface area is 191 Å². The molecule has 0 saturated carbocycles. The zero-order valence-corrected chi connectivity index (χ0v) is 19.3. The summed E-state index contributed by atoms with van der Waals surface area (Å²) < 4.78 is 0. The second-order valence-electron chi connectivity index (χ2n) is 8.67. The molecule has 0 aromatic heterocycles. The van der Waals surface area contributed by atoms with Crippen LogP contribution in [0, 0.1) is 0 Å². The minimum Gasteiger partial charge on any atom is -0.345 e. The molecule has 0 radical (unpaired) electrons. The van der Waals surface area contributed by atoms with Gasteiger partial charge in [0.15, 0.2) is 0 Å². The average molecular weight is 429 g/mol. The smallest absolute Gasteiger partial charge is 0.233 e. The van der Waals surface area contributed by atoms with Crippen molar-refractivity contribution in [2.75, 3.05) is 5.32 Å². The molecule has 166 valence electrons. The van der Waals surface area contributed by atoms with Gasteiger partial charge >= 0.3 is 0 Å². The van der Waals surface area contributed by atoms with Crippen molar-refractivity contribution in [1.29, 1.82) is 0 Å². The molecular weight excluding hydrogens is 396 g/mol. The zero-order valence-electron chi connectivity index (χ0n) is 19.3. The van der Waals surface area contributed by atoms with Crippen LogP contribution < -0.4 is 10.6 Å². The predicted molar refractivity (Wildman–Crippen MR) is 131 cm³/mol. The maximum Gasteiger partial charge on any atom is 0.233 e. The summed E-state index contributed by atoms with van der Waals surface area (Å²) in [5, 5.41) is 6.07. The van der Waals surface area contributed by atoms with Crippen LogP contribution in [0.5, 0.6) is 0 Å². The van der Waals surface area contributed by atoms with Gasteiger partial charge in [-0.3, -0.25) is 9.59 Å². The molecule has 0 fully saturated rings. The summed E-state index contributed by atoms with van der Waals surface area (Å²) in [6.45, 7) is 8.41. The molecule has 0 unspecified atom stereocenters. The van der Waals surface area contributed by atoms with Crippen molar-refractivity contribution in [2.45, 2.75) is 52.0 Å². The molecule has 4 heteroatoms. The Morgan fingerprint density at radius 2 is 1.12 bits per heavy atom. The van der Waals surface area contributed by atoms with Crippen molar-refractivity contribution in [1.82, 2.24) is 5.32 Å². The first-order chi connectivity index (χ1) is 15.4. The number of amides is 2. The molecule has 0 aliphatic rings. The van der Waals surface area contributed by atoms with Crippen molar-refractivity contribution in [3.63, 3.8) is 0 Å². The van der Waals surface area contributed by atoms with Crippen molar-refractivity contribution in [3.8, 4) is 0 Å². The Morgan fingerprint density at radius 1 is 0.656 bits per heavy atom. The lowest BCUT2D eigenvalue weighted by Gasteiger charge is -2.21. The van der Waals surface area contributed by atoms with E-state index in [-0.39, 0.29) is 36.1 Å². The van der Waals surface area contributed by atoms with Gasteiger partial charge in [-0.2, -0.15) is 0 Å². The lowest BCUT2D eigenvalue weighted by atomic mass is 9.92. The Kier molecular flexibility index (Phi) is 7.82. The van der Waals surface area contributed by atoms with Gasteiger partial charge in [-0.05, 0) is 34.1 Å². The summed E-state index contributed by atoms with van der Waals surface area (Å²) in [4.78, 5) is 25.7. The number of para-hydroxylation sites is 1. The first-order valence-corrected chi connectivity index (χ1v) is 11.2. The van der Waals surface area contributed by atoms with Crippen LogP contribution >= 0.6 is 0 Å². The highest BCUT2D eigenvalue weighted by atomic mass is 16.2. The average Bonchev–Trinajstić information content (AvgIpc) is 2.78. The van der Waals surface area contributed by atoms with Gasteiger partial charge in [0, 0.05) is 5.69 Å². The molecule has 3 aromatic rings. The van der Waals surface area contributed by atoms with Gasteiger partial charge < -0.3 is 10.6 Å². The molecule has 3 rings (SSSR count). The molecular formula is C28H32N2O2. The van der Waals surface area contributed by atoms with Crippen LogP contribution in [0.15, 0.2) is 78.9 Å². The fourth-order valence-electron chi connectivity index (χ4n) is 3.89. The van der Waals surface area contributed by atoms with Gasteiger partial charge in [0.1, 0.15) is 6.42 Å². The van der Waals surface area contributed by atoms with Gasteiger partial charge in [-0.15, -0.1) is 0 Å². The van der Waals surface area contributed by atoms with Crippen molar-refractivity contribution in [2.24, 2.45) is 0 Å². The highest BCUT2D eigenvalue weighted by Crippen LogP contribution is 2.32. The van der Waals surface area contributed by atoms with E-state index in [1.54, 1.807) is 0 Å². The van der Waals surface area contributed by atoms with E-state index in [1.165, 1.54) is 0 Å². The maximum atomic E-state index is 12.9. The van der Waals surface area contributed by atoms with Crippen LogP contribution in [0.3, 0.4) is 0 Å². The number of rotatable bonds is 8. The molecule has 0 saturated heterocycles. The van der Waals surface area contributed by atoms with E-state index >= 15 is 0 Å². The van der Waals surface area contributed by atoms with Crippen LogP contribution in [-0.2, 0) is 9.59 Å². The van der Waals surface area contributed by atoms with Crippen molar-refractivity contribution in [3.05, 3.63) is 101 Å². The quantitative estimate of drug-likeness (QED) is 0.422. The SMILES string of the molecule is CC(C)c1cccc(C(C)C)c1NC(=O)CC(=O)NC(c1ccccc1)c1ccccc1. The third-order valence-electron chi connectivity index (χ3n) is 5.53. The number of nitrogens with one attached hydrogen (secondary N) is 2. The van der Waals surface area contributed by atoms with Crippen molar-refractivity contribution >= 4 is 17.5 Å². The third kappa shape index (κ3) is 5.85. The summed E-state index contributed by atoms with van der Waals surface area (Å²) in [6, 6.07) is 25.4. The topological polar surface area (TPSA) is 58.2 Å². The molecule has 0 heterocycles. The lowest BCUT2D eigenvalue weighted by molar-refractivity contribution is -0.127. The zero-order chi connectivity index (χ0) is 23.1. The predicted octanol–water partition coefficient (Wildman–Crippen LogP) is 6.17. The molecule has 4 nitrogen and oxygen atoms in total. The lowest BCUT2D eigenvalue weighted by Crippen LogP contribution is -2.32. The molecule has 0 aliphatic carbocycles. The monoisotopic (exact) mass is 428 g/mol. The first-order valence-electron chi connectivity index (χ1n) is 11.2. The minimum absolute atomic E-state index is 0.236. The van der Waals surface area contributed by atoms with Crippen LogP contribution in [0.2, 0.25) is 0 Å². The number of benzene rings is 3. The number of anilines is 1. The molecule has 0 bridgehead atoms. The first kappa shape index (κ1) is 23.3. The summed E-state index contributed by atoms with van der Waals surface area (Å²) in [5.74, 6) is -0.0950. The Morgan fingerprint density at radius 3 is 1.56 bits per heavy atom. The van der Waals surface area contributed by atoms with Gasteiger partial charge in [0.05, 0.1) is 6.04 Å². The van der Waals surface area contributed by atoms with Crippen molar-refractivity contribution < 1.29 is 9.59 Å². The van der Waals surface area contributed by atoms with E-state index in [9.17, 15) is 9.59 Å². The fourth-order valence-corrected chi connectivity index (χ4v) is 3.89. The van der Waals surface area contributed by atoms with E-state index in [2.05, 4.69) is 38.3 Å². The Balaban J connectivity index is 1.76. The van der Waals surface area contributed by atoms with E-state index < -0.39 is 0 Å². The van der Waals surface area contributed by atoms with E-state index in [1.807, 2.05) is 78.9 Å². The fraction of sp³-hybridized carbons (Fsp3) is 0.286. The molecule has 32 heavy (non-hydrogen) atoms. The van der Waals surface area contributed by atoms with Gasteiger partial charge in [-0.1, -0.05) is 107 Å².